The smallest absolute Gasteiger partial charge is 0.252 e. The highest BCUT2D eigenvalue weighted by Gasteiger charge is 2.54. The predicted octanol–water partition coefficient (Wildman–Crippen LogP) is 5.10. The van der Waals surface area contributed by atoms with E-state index in [0.717, 1.165) is 34.2 Å². The Bertz CT molecular complexity index is 712. The minimum atomic E-state index is 0.169. The molecule has 4 saturated carbocycles. The summed E-state index contributed by atoms with van der Waals surface area (Å²) in [5.41, 5.74) is 1.21. The van der Waals surface area contributed by atoms with Crippen molar-refractivity contribution in [2.45, 2.75) is 53.2 Å². The number of hydrogen-bond acceptors (Lipinski definition) is 7. The van der Waals surface area contributed by atoms with Crippen molar-refractivity contribution < 1.29 is 4.42 Å². The van der Waals surface area contributed by atoms with Crippen molar-refractivity contribution in [2.24, 2.45) is 17.8 Å². The molecule has 4 aliphatic rings. The number of aromatic nitrogens is 3. The lowest BCUT2D eigenvalue weighted by atomic mass is 9.49. The van der Waals surface area contributed by atoms with Gasteiger partial charge in [-0.3, -0.25) is 0 Å². The molecule has 0 amide bonds. The summed E-state index contributed by atoms with van der Waals surface area (Å²) in [6, 6.07) is 0. The van der Waals surface area contributed by atoms with Crippen LogP contribution in [0.2, 0.25) is 0 Å². The maximum atomic E-state index is 6.32. The molecule has 0 atom stereocenters. The zero-order valence-corrected chi connectivity index (χ0v) is 16.4. The molecule has 4 aliphatic carbocycles. The second-order valence-corrected chi connectivity index (χ2v) is 10.3. The van der Waals surface area contributed by atoms with E-state index >= 15 is 0 Å². The Balaban J connectivity index is 1.53. The highest BCUT2D eigenvalue weighted by atomic mass is 32.2. The molecule has 0 unspecified atom stereocenters. The van der Waals surface area contributed by atoms with Crippen molar-refractivity contribution in [3.63, 3.8) is 0 Å². The van der Waals surface area contributed by atoms with Crippen LogP contribution in [-0.2, 0) is 5.41 Å². The van der Waals surface area contributed by atoms with Crippen LogP contribution in [0.3, 0.4) is 0 Å². The molecule has 0 radical (unpaired) electrons. The first-order chi connectivity index (χ1) is 11.7. The second-order valence-electron chi connectivity index (χ2n) is 7.67. The van der Waals surface area contributed by atoms with Crippen molar-refractivity contribution in [1.29, 1.82) is 0 Å². The van der Waals surface area contributed by atoms with E-state index in [4.69, 9.17) is 4.42 Å². The molecule has 6 rings (SSSR count). The maximum Gasteiger partial charge on any atom is 0.252 e. The van der Waals surface area contributed by atoms with Gasteiger partial charge in [-0.2, -0.15) is 4.37 Å². The fourth-order valence-corrected chi connectivity index (χ4v) is 7.89. The monoisotopic (exact) mass is 379 g/mol. The Morgan fingerprint density at radius 2 is 1.67 bits per heavy atom. The van der Waals surface area contributed by atoms with Crippen LogP contribution in [0, 0.1) is 17.8 Å². The molecule has 0 aliphatic heterocycles. The largest absolute Gasteiger partial charge is 0.420 e. The van der Waals surface area contributed by atoms with Crippen LogP contribution in [-0.4, -0.2) is 27.1 Å². The van der Waals surface area contributed by atoms with Gasteiger partial charge >= 0.3 is 0 Å². The third-order valence-electron chi connectivity index (χ3n) is 6.14. The third-order valence-corrected chi connectivity index (χ3v) is 8.88. The quantitative estimate of drug-likeness (QED) is 0.689. The summed E-state index contributed by atoms with van der Waals surface area (Å²) in [7, 11) is 0. The Hall–Kier alpha value is -0.530. The number of thioether (sulfide) groups is 2. The van der Waals surface area contributed by atoms with Gasteiger partial charge in [-0.05, 0) is 80.3 Å². The van der Waals surface area contributed by atoms with Crippen molar-refractivity contribution >= 4 is 35.1 Å². The lowest BCUT2D eigenvalue weighted by Crippen LogP contribution is -2.48. The van der Waals surface area contributed by atoms with Crippen LogP contribution in [0.1, 0.15) is 44.4 Å². The lowest BCUT2D eigenvalue weighted by molar-refractivity contribution is -0.0176. The van der Waals surface area contributed by atoms with Gasteiger partial charge in [0.1, 0.15) is 5.03 Å². The molecule has 2 aromatic rings. The summed E-state index contributed by atoms with van der Waals surface area (Å²) in [6.45, 7) is 0. The molecular formula is C17H21N3OS3. The van der Waals surface area contributed by atoms with E-state index in [2.05, 4.69) is 27.1 Å². The number of nitrogens with zero attached hydrogens (tertiary/aromatic N) is 3. The van der Waals surface area contributed by atoms with E-state index < -0.39 is 0 Å². The van der Waals surface area contributed by atoms with Gasteiger partial charge in [0.05, 0.1) is 9.77 Å². The van der Waals surface area contributed by atoms with Crippen molar-refractivity contribution in [1.82, 2.24) is 14.6 Å². The first kappa shape index (κ1) is 15.7. The van der Waals surface area contributed by atoms with Gasteiger partial charge in [-0.1, -0.05) is 0 Å². The fourth-order valence-electron chi connectivity index (χ4n) is 5.63. The van der Waals surface area contributed by atoms with E-state index in [0.29, 0.717) is 5.89 Å². The number of rotatable bonds is 4. The summed E-state index contributed by atoms with van der Waals surface area (Å²) >= 11 is 4.89. The normalized spacial score (nSPS) is 34.2. The highest BCUT2D eigenvalue weighted by Crippen LogP contribution is 2.60. The minimum absolute atomic E-state index is 0.169. The van der Waals surface area contributed by atoms with Gasteiger partial charge in [0, 0.05) is 5.41 Å². The molecule has 4 fully saturated rings. The summed E-state index contributed by atoms with van der Waals surface area (Å²) in [6.07, 6.45) is 12.2. The van der Waals surface area contributed by atoms with E-state index in [1.807, 2.05) is 0 Å². The van der Waals surface area contributed by atoms with E-state index in [1.165, 1.54) is 54.3 Å². The average Bonchev–Trinajstić information content (AvgIpc) is 3.20. The Morgan fingerprint density at radius 3 is 2.25 bits per heavy atom. The first-order valence-corrected chi connectivity index (χ1v) is 11.8. The van der Waals surface area contributed by atoms with Crippen LogP contribution in [0.25, 0.3) is 11.5 Å². The van der Waals surface area contributed by atoms with Gasteiger partial charge in [0.2, 0.25) is 5.89 Å². The molecular weight excluding hydrogens is 358 g/mol. The SMILES string of the molecule is CSc1nsc(SC)c1-c1nnc(C23CC4CC(CC(C4)C2)C3)o1. The van der Waals surface area contributed by atoms with Crippen LogP contribution in [0.5, 0.6) is 0 Å². The molecule has 0 N–H and O–H groups in total. The van der Waals surface area contributed by atoms with Crippen LogP contribution in [0.4, 0.5) is 0 Å². The Kier molecular flexibility index (Phi) is 3.76. The van der Waals surface area contributed by atoms with E-state index in [-0.39, 0.29) is 5.41 Å². The van der Waals surface area contributed by atoms with Gasteiger partial charge < -0.3 is 4.42 Å². The molecule has 2 aromatic heterocycles. The molecule has 2 heterocycles. The lowest BCUT2D eigenvalue weighted by Gasteiger charge is -2.55. The summed E-state index contributed by atoms with van der Waals surface area (Å²) in [4.78, 5) is 0. The number of hydrogen-bond donors (Lipinski definition) is 0. The molecule has 0 saturated heterocycles. The zero-order valence-electron chi connectivity index (χ0n) is 13.9. The summed E-state index contributed by atoms with van der Waals surface area (Å²) in [5.74, 6) is 4.24. The molecule has 0 aromatic carbocycles. The summed E-state index contributed by atoms with van der Waals surface area (Å²) in [5, 5.41) is 10.0. The average molecular weight is 380 g/mol. The summed E-state index contributed by atoms with van der Waals surface area (Å²) < 4.78 is 12.0. The van der Waals surface area contributed by atoms with Crippen molar-refractivity contribution in [3.8, 4) is 11.5 Å². The molecule has 4 nitrogen and oxygen atoms in total. The second kappa shape index (κ2) is 5.74. The minimum Gasteiger partial charge on any atom is -0.420 e. The van der Waals surface area contributed by atoms with Crippen LogP contribution < -0.4 is 0 Å². The highest BCUT2D eigenvalue weighted by molar-refractivity contribution is 8.01. The van der Waals surface area contributed by atoms with Crippen LogP contribution in [0.15, 0.2) is 13.7 Å². The molecule has 7 heteroatoms. The topological polar surface area (TPSA) is 51.8 Å². The fraction of sp³-hybridized carbons (Fsp3) is 0.706. The standard InChI is InChI=1S/C17H21N3OS3/c1-22-14-12(15(23-2)24-20-14)13-18-19-16(21-13)17-6-9-3-10(7-17)5-11(4-9)8-17/h9-11H,3-8H2,1-2H3. The Labute approximate surface area is 154 Å². The Morgan fingerprint density at radius 1 is 1.00 bits per heavy atom. The molecule has 0 spiro atoms. The van der Waals surface area contributed by atoms with Crippen LogP contribution >= 0.6 is 35.1 Å². The maximum absolute atomic E-state index is 6.32. The van der Waals surface area contributed by atoms with Gasteiger partial charge in [0.15, 0.2) is 0 Å². The van der Waals surface area contributed by atoms with Gasteiger partial charge in [0.25, 0.3) is 5.89 Å². The molecule has 24 heavy (non-hydrogen) atoms. The van der Waals surface area contributed by atoms with Crippen molar-refractivity contribution in [2.75, 3.05) is 12.5 Å². The first-order valence-electron chi connectivity index (χ1n) is 8.63. The van der Waals surface area contributed by atoms with E-state index in [9.17, 15) is 0 Å². The molecule has 4 bridgehead atoms. The van der Waals surface area contributed by atoms with Gasteiger partial charge in [-0.15, -0.1) is 33.7 Å². The van der Waals surface area contributed by atoms with Crippen molar-refractivity contribution in [3.05, 3.63) is 5.89 Å². The predicted molar refractivity (Wildman–Crippen MR) is 98.8 cm³/mol. The van der Waals surface area contributed by atoms with E-state index in [1.54, 1.807) is 23.5 Å². The third kappa shape index (κ3) is 2.31. The molecule has 128 valence electrons. The zero-order chi connectivity index (χ0) is 16.3. The van der Waals surface area contributed by atoms with Gasteiger partial charge in [-0.25, -0.2) is 0 Å².